The van der Waals surface area contributed by atoms with Crippen molar-refractivity contribution in [2.24, 2.45) is 0 Å². The van der Waals surface area contributed by atoms with Gasteiger partial charge in [0.1, 0.15) is 0 Å². The van der Waals surface area contributed by atoms with Crippen LogP contribution in [0.25, 0.3) is 11.1 Å². The summed E-state index contributed by atoms with van der Waals surface area (Å²) >= 11 is 0. The Bertz CT molecular complexity index is 494. The molecule has 2 N–H and O–H groups in total. The highest BCUT2D eigenvalue weighted by Crippen LogP contribution is 2.25. The van der Waals surface area contributed by atoms with Gasteiger partial charge in [-0.05, 0) is 36.6 Å². The number of nitrogen functional groups attached to an aromatic ring is 1. The summed E-state index contributed by atoms with van der Waals surface area (Å²) in [7, 11) is 0. The van der Waals surface area contributed by atoms with Crippen molar-refractivity contribution in [2.45, 2.75) is 32.6 Å². The molecule has 2 aromatic heterocycles. The summed E-state index contributed by atoms with van der Waals surface area (Å²) in [5.41, 5.74) is 9.95. The van der Waals surface area contributed by atoms with Crippen molar-refractivity contribution < 1.29 is 0 Å². The Labute approximate surface area is 108 Å². The number of anilines is 1. The number of pyridine rings is 2. The molecule has 3 heteroatoms. The van der Waals surface area contributed by atoms with Crippen LogP contribution in [0.1, 0.15) is 31.9 Å². The van der Waals surface area contributed by atoms with Gasteiger partial charge in [0.2, 0.25) is 0 Å². The van der Waals surface area contributed by atoms with Crippen LogP contribution in [0.15, 0.2) is 36.8 Å². The highest BCUT2D eigenvalue weighted by molar-refractivity contribution is 5.68. The first-order chi connectivity index (χ1) is 8.81. The first-order valence-corrected chi connectivity index (χ1v) is 6.46. The summed E-state index contributed by atoms with van der Waals surface area (Å²) in [5.74, 6) is 0. The largest absolute Gasteiger partial charge is 0.397 e. The Morgan fingerprint density at radius 2 is 1.94 bits per heavy atom. The fourth-order valence-corrected chi connectivity index (χ4v) is 2.03. The van der Waals surface area contributed by atoms with E-state index in [4.69, 9.17) is 5.73 Å². The zero-order valence-corrected chi connectivity index (χ0v) is 10.8. The van der Waals surface area contributed by atoms with Gasteiger partial charge >= 0.3 is 0 Å². The first-order valence-electron chi connectivity index (χ1n) is 6.46. The minimum Gasteiger partial charge on any atom is -0.397 e. The number of rotatable bonds is 5. The van der Waals surface area contributed by atoms with E-state index >= 15 is 0 Å². The summed E-state index contributed by atoms with van der Waals surface area (Å²) < 4.78 is 0. The fraction of sp³-hybridized carbons (Fsp3) is 0.333. The molecule has 0 aliphatic heterocycles. The lowest BCUT2D eigenvalue weighted by Gasteiger charge is -2.09. The van der Waals surface area contributed by atoms with Gasteiger partial charge in [0.15, 0.2) is 0 Å². The molecule has 0 radical (unpaired) electrons. The molecule has 0 fully saturated rings. The molecule has 0 saturated carbocycles. The molecule has 94 valence electrons. The lowest BCUT2D eigenvalue weighted by atomic mass is 10.0. The number of nitrogens with two attached hydrogens (primary N) is 1. The van der Waals surface area contributed by atoms with Crippen molar-refractivity contribution in [3.63, 3.8) is 0 Å². The van der Waals surface area contributed by atoms with Crippen LogP contribution in [0.4, 0.5) is 5.69 Å². The summed E-state index contributed by atoms with van der Waals surface area (Å²) in [4.78, 5) is 8.53. The van der Waals surface area contributed by atoms with Gasteiger partial charge in [0.25, 0.3) is 0 Å². The molecule has 0 aliphatic rings. The van der Waals surface area contributed by atoms with E-state index in [0.717, 1.165) is 23.2 Å². The summed E-state index contributed by atoms with van der Waals surface area (Å²) in [6, 6.07) is 6.00. The van der Waals surface area contributed by atoms with Gasteiger partial charge in [-0.15, -0.1) is 0 Å². The van der Waals surface area contributed by atoms with Crippen molar-refractivity contribution in [2.75, 3.05) is 5.73 Å². The first kappa shape index (κ1) is 12.6. The molecular weight excluding hydrogens is 222 g/mol. The van der Waals surface area contributed by atoms with Crippen LogP contribution in [0.5, 0.6) is 0 Å². The van der Waals surface area contributed by atoms with Gasteiger partial charge in [0, 0.05) is 23.7 Å². The molecule has 0 amide bonds. The Morgan fingerprint density at radius 1 is 1.17 bits per heavy atom. The van der Waals surface area contributed by atoms with Gasteiger partial charge in [0.05, 0.1) is 11.9 Å². The van der Waals surface area contributed by atoms with Crippen LogP contribution in [0.3, 0.4) is 0 Å². The van der Waals surface area contributed by atoms with Gasteiger partial charge in [-0.25, -0.2) is 0 Å². The normalized spacial score (nSPS) is 10.5. The standard InChI is InChI=1S/C15H19N3/c1-2-3-4-5-15-14(10-13(16)11-18-15)12-6-8-17-9-7-12/h6-11H,2-5,16H2,1H3. The number of hydrogen-bond acceptors (Lipinski definition) is 3. The second kappa shape index (κ2) is 6.15. The van der Waals surface area contributed by atoms with Crippen molar-refractivity contribution >= 4 is 5.69 Å². The van der Waals surface area contributed by atoms with E-state index in [1.54, 1.807) is 18.6 Å². The van der Waals surface area contributed by atoms with E-state index < -0.39 is 0 Å². The summed E-state index contributed by atoms with van der Waals surface area (Å²) in [6.45, 7) is 2.21. The predicted molar refractivity (Wildman–Crippen MR) is 75.1 cm³/mol. The Hall–Kier alpha value is -1.90. The third-order valence-electron chi connectivity index (χ3n) is 3.00. The van der Waals surface area contributed by atoms with E-state index in [1.807, 2.05) is 18.2 Å². The van der Waals surface area contributed by atoms with E-state index in [2.05, 4.69) is 16.9 Å². The molecule has 0 spiro atoms. The van der Waals surface area contributed by atoms with Gasteiger partial charge in [-0.1, -0.05) is 19.8 Å². The van der Waals surface area contributed by atoms with Gasteiger partial charge in [-0.3, -0.25) is 9.97 Å². The molecule has 18 heavy (non-hydrogen) atoms. The quantitative estimate of drug-likeness (QED) is 0.815. The molecule has 0 aliphatic carbocycles. The van der Waals surface area contributed by atoms with Crippen LogP contribution in [0.2, 0.25) is 0 Å². The Kier molecular flexibility index (Phi) is 4.29. The minimum absolute atomic E-state index is 0.709. The zero-order valence-electron chi connectivity index (χ0n) is 10.8. The molecule has 0 atom stereocenters. The van der Waals surface area contributed by atoms with Gasteiger partial charge in [-0.2, -0.15) is 0 Å². The van der Waals surface area contributed by atoms with Crippen LogP contribution < -0.4 is 5.73 Å². The maximum absolute atomic E-state index is 5.84. The van der Waals surface area contributed by atoms with Crippen LogP contribution >= 0.6 is 0 Å². The molecule has 2 rings (SSSR count). The second-order valence-corrected chi connectivity index (χ2v) is 4.46. The van der Waals surface area contributed by atoms with E-state index in [9.17, 15) is 0 Å². The molecular formula is C15H19N3. The number of aryl methyl sites for hydroxylation is 1. The highest BCUT2D eigenvalue weighted by atomic mass is 14.7. The lowest BCUT2D eigenvalue weighted by Crippen LogP contribution is -1.97. The Balaban J connectivity index is 2.29. The van der Waals surface area contributed by atoms with E-state index in [1.165, 1.54) is 19.3 Å². The summed E-state index contributed by atoms with van der Waals surface area (Å²) in [6.07, 6.45) is 9.98. The van der Waals surface area contributed by atoms with Crippen LogP contribution in [-0.4, -0.2) is 9.97 Å². The number of aromatic nitrogens is 2. The van der Waals surface area contributed by atoms with E-state index in [-0.39, 0.29) is 0 Å². The maximum atomic E-state index is 5.84. The number of unbranched alkanes of at least 4 members (excludes halogenated alkanes) is 2. The van der Waals surface area contributed by atoms with Crippen LogP contribution in [0, 0.1) is 0 Å². The lowest BCUT2D eigenvalue weighted by molar-refractivity contribution is 0.708. The molecule has 0 unspecified atom stereocenters. The molecule has 2 aromatic rings. The Morgan fingerprint density at radius 3 is 2.67 bits per heavy atom. The van der Waals surface area contributed by atoms with Crippen molar-refractivity contribution in [3.05, 3.63) is 42.5 Å². The molecule has 2 heterocycles. The molecule has 0 bridgehead atoms. The van der Waals surface area contributed by atoms with Crippen molar-refractivity contribution in [1.29, 1.82) is 0 Å². The topological polar surface area (TPSA) is 51.8 Å². The molecule has 0 saturated heterocycles. The average Bonchev–Trinajstić information content (AvgIpc) is 2.41. The number of nitrogens with zero attached hydrogens (tertiary/aromatic N) is 2. The van der Waals surface area contributed by atoms with Crippen molar-refractivity contribution in [3.8, 4) is 11.1 Å². The van der Waals surface area contributed by atoms with Crippen molar-refractivity contribution in [1.82, 2.24) is 9.97 Å². The highest BCUT2D eigenvalue weighted by Gasteiger charge is 2.07. The fourth-order valence-electron chi connectivity index (χ4n) is 2.03. The smallest absolute Gasteiger partial charge is 0.0507 e. The van der Waals surface area contributed by atoms with Crippen LogP contribution in [-0.2, 0) is 6.42 Å². The third kappa shape index (κ3) is 3.06. The number of hydrogen-bond donors (Lipinski definition) is 1. The SMILES string of the molecule is CCCCCc1ncc(N)cc1-c1ccncc1. The van der Waals surface area contributed by atoms with Gasteiger partial charge < -0.3 is 5.73 Å². The molecule has 0 aromatic carbocycles. The molecule has 3 nitrogen and oxygen atoms in total. The second-order valence-electron chi connectivity index (χ2n) is 4.46. The zero-order chi connectivity index (χ0) is 12.8. The summed E-state index contributed by atoms with van der Waals surface area (Å²) in [5, 5.41) is 0. The average molecular weight is 241 g/mol. The minimum atomic E-state index is 0.709. The predicted octanol–water partition coefficient (Wildman–Crippen LogP) is 3.46. The van der Waals surface area contributed by atoms with E-state index in [0.29, 0.717) is 5.69 Å². The maximum Gasteiger partial charge on any atom is 0.0507 e. The monoisotopic (exact) mass is 241 g/mol. The third-order valence-corrected chi connectivity index (χ3v) is 3.00.